The SMILES string of the molecule is C[C@H]1Oc2ccc(NS(=O)(=O)c3ccccc3)cc2NC1=O. The van der Waals surface area contributed by atoms with Crippen molar-refractivity contribution in [1.82, 2.24) is 0 Å². The fraction of sp³-hybridized carbons (Fsp3) is 0.133. The van der Waals surface area contributed by atoms with Crippen molar-refractivity contribution in [3.8, 4) is 5.75 Å². The second kappa shape index (κ2) is 5.34. The normalized spacial score (nSPS) is 17.1. The lowest BCUT2D eigenvalue weighted by molar-refractivity contribution is -0.122. The van der Waals surface area contributed by atoms with Crippen LogP contribution in [-0.2, 0) is 14.8 Å². The van der Waals surface area contributed by atoms with Gasteiger partial charge in [0, 0.05) is 0 Å². The molecule has 7 heteroatoms. The smallest absolute Gasteiger partial charge is 0.265 e. The molecule has 1 amide bonds. The van der Waals surface area contributed by atoms with Gasteiger partial charge in [0.05, 0.1) is 16.3 Å². The van der Waals surface area contributed by atoms with Crippen LogP contribution in [0.15, 0.2) is 53.4 Å². The number of carbonyl (C=O) groups is 1. The van der Waals surface area contributed by atoms with E-state index in [-0.39, 0.29) is 10.8 Å². The van der Waals surface area contributed by atoms with Gasteiger partial charge in [0.25, 0.3) is 15.9 Å². The van der Waals surface area contributed by atoms with Gasteiger partial charge in [-0.2, -0.15) is 0 Å². The average Bonchev–Trinajstić information content (AvgIpc) is 2.49. The van der Waals surface area contributed by atoms with E-state index in [1.165, 1.54) is 18.2 Å². The molecule has 1 aliphatic rings. The van der Waals surface area contributed by atoms with E-state index in [4.69, 9.17) is 4.74 Å². The number of benzene rings is 2. The predicted molar refractivity (Wildman–Crippen MR) is 82.4 cm³/mol. The summed E-state index contributed by atoms with van der Waals surface area (Å²) in [5, 5.41) is 2.68. The number of rotatable bonds is 3. The molecule has 0 saturated heterocycles. The number of hydrogen-bond donors (Lipinski definition) is 2. The van der Waals surface area contributed by atoms with Gasteiger partial charge in [0.2, 0.25) is 0 Å². The van der Waals surface area contributed by atoms with Crippen LogP contribution in [0.2, 0.25) is 0 Å². The first kappa shape index (κ1) is 14.4. The molecule has 114 valence electrons. The van der Waals surface area contributed by atoms with E-state index in [0.29, 0.717) is 17.1 Å². The molecule has 2 aromatic carbocycles. The molecule has 2 N–H and O–H groups in total. The van der Waals surface area contributed by atoms with E-state index >= 15 is 0 Å². The Morgan fingerprint density at radius 2 is 1.86 bits per heavy atom. The largest absolute Gasteiger partial charge is 0.479 e. The third kappa shape index (κ3) is 2.75. The van der Waals surface area contributed by atoms with Crippen LogP contribution in [0.4, 0.5) is 11.4 Å². The van der Waals surface area contributed by atoms with Crippen molar-refractivity contribution < 1.29 is 17.9 Å². The van der Waals surface area contributed by atoms with Gasteiger partial charge >= 0.3 is 0 Å². The highest BCUT2D eigenvalue weighted by atomic mass is 32.2. The first-order valence-electron chi connectivity index (χ1n) is 6.65. The van der Waals surface area contributed by atoms with Crippen LogP contribution in [-0.4, -0.2) is 20.4 Å². The summed E-state index contributed by atoms with van der Waals surface area (Å²) < 4.78 is 32.4. The van der Waals surface area contributed by atoms with Crippen molar-refractivity contribution in [2.75, 3.05) is 10.0 Å². The quantitative estimate of drug-likeness (QED) is 0.908. The van der Waals surface area contributed by atoms with Crippen molar-refractivity contribution >= 4 is 27.3 Å². The third-order valence-electron chi connectivity index (χ3n) is 3.22. The Bertz CT molecular complexity index is 819. The van der Waals surface area contributed by atoms with Gasteiger partial charge in [0.1, 0.15) is 5.75 Å². The van der Waals surface area contributed by atoms with Crippen molar-refractivity contribution in [2.45, 2.75) is 17.9 Å². The molecule has 1 aliphatic heterocycles. The van der Waals surface area contributed by atoms with Crippen LogP contribution in [0, 0.1) is 0 Å². The molecule has 0 unspecified atom stereocenters. The third-order valence-corrected chi connectivity index (χ3v) is 4.61. The monoisotopic (exact) mass is 318 g/mol. The van der Waals surface area contributed by atoms with Gasteiger partial charge in [-0.05, 0) is 37.3 Å². The van der Waals surface area contributed by atoms with Crippen LogP contribution in [0.3, 0.4) is 0 Å². The van der Waals surface area contributed by atoms with E-state index in [9.17, 15) is 13.2 Å². The topological polar surface area (TPSA) is 84.5 Å². The zero-order valence-corrected chi connectivity index (χ0v) is 12.6. The van der Waals surface area contributed by atoms with Gasteiger partial charge in [-0.1, -0.05) is 18.2 Å². The second-order valence-electron chi connectivity index (χ2n) is 4.88. The molecule has 1 atom stereocenters. The van der Waals surface area contributed by atoms with Crippen molar-refractivity contribution in [3.63, 3.8) is 0 Å². The van der Waals surface area contributed by atoms with Gasteiger partial charge in [-0.3, -0.25) is 9.52 Å². The highest BCUT2D eigenvalue weighted by Gasteiger charge is 2.24. The number of ether oxygens (including phenoxy) is 1. The average molecular weight is 318 g/mol. The Labute approximate surface area is 128 Å². The molecule has 0 bridgehead atoms. The predicted octanol–water partition coefficient (Wildman–Crippen LogP) is 2.21. The highest BCUT2D eigenvalue weighted by molar-refractivity contribution is 7.92. The van der Waals surface area contributed by atoms with Gasteiger partial charge < -0.3 is 10.1 Å². The van der Waals surface area contributed by atoms with E-state index in [1.807, 2.05) is 0 Å². The number of carbonyl (C=O) groups excluding carboxylic acids is 1. The number of sulfonamides is 1. The summed E-state index contributed by atoms with van der Waals surface area (Å²) in [7, 11) is -3.67. The maximum Gasteiger partial charge on any atom is 0.265 e. The summed E-state index contributed by atoms with van der Waals surface area (Å²) in [6.07, 6.45) is -0.570. The lowest BCUT2D eigenvalue weighted by atomic mass is 10.2. The Balaban J connectivity index is 1.88. The van der Waals surface area contributed by atoms with Crippen molar-refractivity contribution in [3.05, 3.63) is 48.5 Å². The minimum Gasteiger partial charge on any atom is -0.479 e. The minimum absolute atomic E-state index is 0.168. The van der Waals surface area contributed by atoms with Crippen LogP contribution < -0.4 is 14.8 Å². The highest BCUT2D eigenvalue weighted by Crippen LogP contribution is 2.32. The van der Waals surface area contributed by atoms with E-state index < -0.39 is 16.1 Å². The molecule has 1 heterocycles. The van der Waals surface area contributed by atoms with Gasteiger partial charge in [-0.15, -0.1) is 0 Å². The number of hydrogen-bond acceptors (Lipinski definition) is 4. The zero-order valence-electron chi connectivity index (χ0n) is 11.7. The van der Waals surface area contributed by atoms with Gasteiger partial charge in [0.15, 0.2) is 6.10 Å². The summed E-state index contributed by atoms with van der Waals surface area (Å²) in [5.41, 5.74) is 0.789. The zero-order chi connectivity index (χ0) is 15.7. The molecular formula is C15H14N2O4S. The van der Waals surface area contributed by atoms with E-state index in [0.717, 1.165) is 0 Å². The molecule has 22 heavy (non-hydrogen) atoms. The first-order valence-corrected chi connectivity index (χ1v) is 8.13. The van der Waals surface area contributed by atoms with Crippen molar-refractivity contribution in [2.24, 2.45) is 0 Å². The molecule has 0 aromatic heterocycles. The fourth-order valence-corrected chi connectivity index (χ4v) is 3.16. The molecule has 2 aromatic rings. The van der Waals surface area contributed by atoms with Gasteiger partial charge in [-0.25, -0.2) is 8.42 Å². The lowest BCUT2D eigenvalue weighted by Crippen LogP contribution is -2.34. The molecule has 0 radical (unpaired) electrons. The Hall–Kier alpha value is -2.54. The molecular weight excluding hydrogens is 304 g/mol. The second-order valence-corrected chi connectivity index (χ2v) is 6.56. The summed E-state index contributed by atoms with van der Waals surface area (Å²) in [5.74, 6) is 0.241. The lowest BCUT2D eigenvalue weighted by Gasteiger charge is -2.23. The minimum atomic E-state index is -3.67. The number of fused-ring (bicyclic) bond motifs is 1. The summed E-state index contributed by atoms with van der Waals surface area (Å²) in [6.45, 7) is 1.64. The standard InChI is InChI=1S/C15H14N2O4S/c1-10-15(18)16-13-9-11(7-8-14(13)21-10)17-22(19,20)12-5-3-2-4-6-12/h2-10,17H,1H3,(H,16,18)/t10-/m1/s1. The molecule has 0 fully saturated rings. The van der Waals surface area contributed by atoms with E-state index in [2.05, 4.69) is 10.0 Å². The molecule has 0 spiro atoms. The molecule has 3 rings (SSSR count). The van der Waals surface area contributed by atoms with Crippen LogP contribution >= 0.6 is 0 Å². The van der Waals surface area contributed by atoms with Crippen LogP contribution in [0.25, 0.3) is 0 Å². The Kier molecular flexibility index (Phi) is 3.50. The van der Waals surface area contributed by atoms with Crippen LogP contribution in [0.5, 0.6) is 5.75 Å². The summed E-state index contributed by atoms with van der Waals surface area (Å²) >= 11 is 0. The number of anilines is 2. The summed E-state index contributed by atoms with van der Waals surface area (Å²) in [6, 6.07) is 12.8. The number of amides is 1. The molecule has 0 aliphatic carbocycles. The Morgan fingerprint density at radius 3 is 2.59 bits per heavy atom. The maximum atomic E-state index is 12.3. The fourth-order valence-electron chi connectivity index (χ4n) is 2.09. The number of nitrogens with one attached hydrogen (secondary N) is 2. The van der Waals surface area contributed by atoms with Crippen LogP contribution in [0.1, 0.15) is 6.92 Å². The van der Waals surface area contributed by atoms with E-state index in [1.54, 1.807) is 37.3 Å². The molecule has 6 nitrogen and oxygen atoms in total. The summed E-state index contributed by atoms with van der Waals surface area (Å²) in [4.78, 5) is 11.8. The first-order chi connectivity index (χ1) is 10.5. The molecule has 0 saturated carbocycles. The van der Waals surface area contributed by atoms with Crippen molar-refractivity contribution in [1.29, 1.82) is 0 Å². The Morgan fingerprint density at radius 1 is 1.14 bits per heavy atom. The maximum absolute atomic E-state index is 12.3.